The fraction of sp³-hybridized carbons (Fsp3) is 0.875. The standard InChI is InChI=1S/C16H30O4.2Na.H2O4S/c1-3-5-7-9-13-19-15(17)11-12-16(18)20-14-10-8-6-4-2;;;1-5(2,3)4/h3-14H2,1-2H3;;;(H2,1,2,3,4)/q;2*+1;/p-2. The van der Waals surface area contributed by atoms with Crippen LogP contribution in [-0.2, 0) is 29.5 Å². The van der Waals surface area contributed by atoms with Gasteiger partial charge in [-0.25, -0.2) is 0 Å². The summed E-state index contributed by atoms with van der Waals surface area (Å²) in [7, 11) is -5.17. The van der Waals surface area contributed by atoms with Crippen LogP contribution in [0.15, 0.2) is 0 Å². The van der Waals surface area contributed by atoms with E-state index in [1.807, 2.05) is 0 Å². The van der Waals surface area contributed by atoms with Gasteiger partial charge in [0.15, 0.2) is 0 Å². The van der Waals surface area contributed by atoms with Crippen molar-refractivity contribution >= 4 is 22.3 Å². The summed E-state index contributed by atoms with van der Waals surface area (Å²) in [6.07, 6.45) is 8.90. The molecule has 0 atom stereocenters. The van der Waals surface area contributed by atoms with E-state index >= 15 is 0 Å². The van der Waals surface area contributed by atoms with Gasteiger partial charge in [-0.05, 0) is 12.8 Å². The minimum atomic E-state index is -5.17. The minimum Gasteiger partial charge on any atom is -0.759 e. The van der Waals surface area contributed by atoms with Crippen LogP contribution in [0.4, 0.5) is 0 Å². The number of rotatable bonds is 13. The van der Waals surface area contributed by atoms with E-state index in [0.29, 0.717) is 13.2 Å². The van der Waals surface area contributed by atoms with Crippen LogP contribution in [0.3, 0.4) is 0 Å². The first kappa shape index (κ1) is 35.3. The van der Waals surface area contributed by atoms with Gasteiger partial charge in [0.1, 0.15) is 0 Å². The number of hydrogen-bond donors (Lipinski definition) is 0. The second-order valence-electron chi connectivity index (χ2n) is 5.47. The van der Waals surface area contributed by atoms with Gasteiger partial charge in [0.05, 0.1) is 26.1 Å². The minimum absolute atomic E-state index is 0. The molecule has 150 valence electrons. The fourth-order valence-electron chi connectivity index (χ4n) is 1.78. The van der Waals surface area contributed by atoms with Crippen molar-refractivity contribution in [1.29, 1.82) is 0 Å². The molecule has 0 aliphatic heterocycles. The van der Waals surface area contributed by atoms with Gasteiger partial charge in [0.25, 0.3) is 0 Å². The molecule has 0 aromatic heterocycles. The predicted molar refractivity (Wildman–Crippen MR) is 89.9 cm³/mol. The summed E-state index contributed by atoms with van der Waals surface area (Å²) in [5.41, 5.74) is 0. The summed E-state index contributed by atoms with van der Waals surface area (Å²) < 4.78 is 44.2. The van der Waals surface area contributed by atoms with Gasteiger partial charge in [-0.3, -0.25) is 18.0 Å². The molecule has 0 fully saturated rings. The molecule has 0 bridgehead atoms. The van der Waals surface area contributed by atoms with E-state index < -0.39 is 10.4 Å². The van der Waals surface area contributed by atoms with Gasteiger partial charge in [-0.2, -0.15) is 0 Å². The Kier molecular flexibility index (Phi) is 32.4. The molecule has 0 unspecified atom stereocenters. The molecular weight excluding hydrogens is 398 g/mol. The van der Waals surface area contributed by atoms with E-state index in [9.17, 15) is 9.59 Å². The van der Waals surface area contributed by atoms with Crippen LogP contribution in [0.2, 0.25) is 0 Å². The van der Waals surface area contributed by atoms with Crippen LogP contribution in [0.1, 0.15) is 78.1 Å². The number of ether oxygens (including phenoxy) is 2. The Labute approximate surface area is 207 Å². The number of unbranched alkanes of at least 4 members (excludes halogenated alkanes) is 6. The maximum Gasteiger partial charge on any atom is 1.00 e. The van der Waals surface area contributed by atoms with Gasteiger partial charge >= 0.3 is 71.1 Å². The van der Waals surface area contributed by atoms with E-state index in [1.54, 1.807) is 0 Å². The molecule has 27 heavy (non-hydrogen) atoms. The molecule has 0 saturated carbocycles. The van der Waals surface area contributed by atoms with Crippen molar-refractivity contribution < 1.29 is 95.7 Å². The quantitative estimate of drug-likeness (QED) is 0.0979. The first-order valence-corrected chi connectivity index (χ1v) is 10.0. The number of carbonyl (C=O) groups is 2. The molecule has 0 radical (unpaired) electrons. The Balaban J connectivity index is -0.000000333. The van der Waals surface area contributed by atoms with Crippen molar-refractivity contribution in [2.24, 2.45) is 0 Å². The molecule has 0 heterocycles. The zero-order chi connectivity index (χ0) is 19.6. The molecule has 0 spiro atoms. The van der Waals surface area contributed by atoms with Crippen LogP contribution >= 0.6 is 0 Å². The third-order valence-corrected chi connectivity index (χ3v) is 3.06. The summed E-state index contributed by atoms with van der Waals surface area (Å²) in [6, 6.07) is 0. The van der Waals surface area contributed by atoms with E-state index in [4.69, 9.17) is 27.0 Å². The second-order valence-corrected chi connectivity index (χ2v) is 6.29. The molecule has 0 aliphatic carbocycles. The average Bonchev–Trinajstić information content (AvgIpc) is 2.51. The smallest absolute Gasteiger partial charge is 0.759 e. The average molecular weight is 428 g/mol. The molecule has 0 aromatic rings. The van der Waals surface area contributed by atoms with Crippen molar-refractivity contribution in [3.63, 3.8) is 0 Å². The molecule has 11 heteroatoms. The number of esters is 2. The maximum atomic E-state index is 11.4. The first-order chi connectivity index (χ1) is 11.7. The molecule has 0 amide bonds. The fourth-order valence-corrected chi connectivity index (χ4v) is 1.78. The summed E-state index contributed by atoms with van der Waals surface area (Å²) in [6.45, 7) is 5.20. The second kappa shape index (κ2) is 24.8. The van der Waals surface area contributed by atoms with Gasteiger partial charge in [-0.1, -0.05) is 52.4 Å². The third kappa shape index (κ3) is 42.1. The molecule has 0 aromatic carbocycles. The Morgan fingerprint density at radius 1 is 0.704 bits per heavy atom. The Morgan fingerprint density at radius 3 is 1.26 bits per heavy atom. The van der Waals surface area contributed by atoms with E-state index in [0.717, 1.165) is 38.5 Å². The largest absolute Gasteiger partial charge is 1.00 e. The Bertz CT molecular complexity index is 410. The van der Waals surface area contributed by atoms with Crippen molar-refractivity contribution in [1.82, 2.24) is 0 Å². The van der Waals surface area contributed by atoms with Crippen LogP contribution in [-0.4, -0.2) is 42.7 Å². The number of carbonyl (C=O) groups excluding carboxylic acids is 2. The number of hydrogen-bond acceptors (Lipinski definition) is 8. The van der Waals surface area contributed by atoms with Crippen LogP contribution in [0.25, 0.3) is 0 Å². The van der Waals surface area contributed by atoms with Crippen LogP contribution < -0.4 is 59.1 Å². The summed E-state index contributed by atoms with van der Waals surface area (Å²) >= 11 is 0. The Hall–Kier alpha value is 0.810. The molecular formula is C16H30Na2O8S. The topological polar surface area (TPSA) is 133 Å². The monoisotopic (exact) mass is 428 g/mol. The summed E-state index contributed by atoms with van der Waals surface area (Å²) in [5, 5.41) is 0. The normalized spacial score (nSPS) is 9.78. The van der Waals surface area contributed by atoms with Crippen molar-refractivity contribution in [3.8, 4) is 0 Å². The zero-order valence-corrected chi connectivity index (χ0v) is 22.0. The van der Waals surface area contributed by atoms with E-state index in [1.165, 1.54) is 12.8 Å². The first-order valence-electron chi connectivity index (χ1n) is 8.68. The van der Waals surface area contributed by atoms with Gasteiger partial charge in [0.2, 0.25) is 0 Å². The van der Waals surface area contributed by atoms with Crippen molar-refractivity contribution in [2.45, 2.75) is 78.1 Å². The molecule has 0 aliphatic rings. The van der Waals surface area contributed by atoms with E-state index in [-0.39, 0.29) is 83.9 Å². The van der Waals surface area contributed by atoms with Crippen LogP contribution in [0, 0.1) is 0 Å². The SMILES string of the molecule is CCCCCCOC(=O)CCC(=O)OCCCCCC.O=S(=O)([O-])[O-].[Na+].[Na+]. The molecule has 0 saturated heterocycles. The zero-order valence-electron chi connectivity index (χ0n) is 17.2. The van der Waals surface area contributed by atoms with Crippen molar-refractivity contribution in [3.05, 3.63) is 0 Å². The molecule has 0 N–H and O–H groups in total. The maximum absolute atomic E-state index is 11.4. The summed E-state index contributed by atoms with van der Waals surface area (Å²) in [5.74, 6) is -0.603. The predicted octanol–water partition coefficient (Wildman–Crippen LogP) is -3.32. The Morgan fingerprint density at radius 2 is 1.00 bits per heavy atom. The molecule has 8 nitrogen and oxygen atoms in total. The van der Waals surface area contributed by atoms with Gasteiger partial charge < -0.3 is 18.6 Å². The van der Waals surface area contributed by atoms with Crippen LogP contribution in [0.5, 0.6) is 0 Å². The van der Waals surface area contributed by atoms with Gasteiger partial charge in [-0.15, -0.1) is 0 Å². The molecule has 0 rings (SSSR count). The third-order valence-electron chi connectivity index (χ3n) is 3.06. The van der Waals surface area contributed by atoms with Crippen molar-refractivity contribution in [2.75, 3.05) is 13.2 Å². The van der Waals surface area contributed by atoms with Gasteiger partial charge in [0, 0.05) is 10.4 Å². The van der Waals surface area contributed by atoms with E-state index in [2.05, 4.69) is 13.8 Å². The summed E-state index contributed by atoms with van der Waals surface area (Å²) in [4.78, 5) is 22.7.